The lowest BCUT2D eigenvalue weighted by molar-refractivity contribution is -0.389. The molecule has 0 amide bonds. The molecule has 0 aliphatic rings. The number of hydrogen-bond donors (Lipinski definition) is 0. The van der Waals surface area contributed by atoms with Crippen LogP contribution in [-0.4, -0.2) is 16.3 Å². The molecular formula is C7H3BrF3IN2O3. The second-order valence-electron chi connectivity index (χ2n) is 2.67. The zero-order valence-electron chi connectivity index (χ0n) is 7.79. The van der Waals surface area contributed by atoms with Crippen LogP contribution >= 0.6 is 38.5 Å². The minimum atomic E-state index is -4.99. The predicted molar refractivity (Wildman–Crippen MR) is 62.9 cm³/mol. The van der Waals surface area contributed by atoms with Gasteiger partial charge in [0.2, 0.25) is 5.75 Å². The number of aromatic nitrogens is 1. The Morgan fingerprint density at radius 3 is 2.59 bits per heavy atom. The van der Waals surface area contributed by atoms with E-state index in [9.17, 15) is 23.3 Å². The van der Waals surface area contributed by atoms with Crippen LogP contribution in [0.4, 0.5) is 18.9 Å². The van der Waals surface area contributed by atoms with Crippen molar-refractivity contribution in [1.82, 2.24) is 4.98 Å². The van der Waals surface area contributed by atoms with Crippen LogP contribution in [0.15, 0.2) is 6.20 Å². The van der Waals surface area contributed by atoms with Crippen LogP contribution in [0.5, 0.6) is 5.75 Å². The third-order valence-electron chi connectivity index (χ3n) is 1.57. The van der Waals surface area contributed by atoms with E-state index in [1.807, 2.05) is 0 Å². The Bertz CT molecular complexity index is 455. The van der Waals surface area contributed by atoms with Gasteiger partial charge in [-0.25, -0.2) is 0 Å². The highest BCUT2D eigenvalue weighted by atomic mass is 127. The summed E-state index contributed by atoms with van der Waals surface area (Å²) in [6, 6.07) is 0. The zero-order chi connectivity index (χ0) is 13.2. The van der Waals surface area contributed by atoms with Gasteiger partial charge in [-0.1, -0.05) is 15.9 Å². The molecule has 0 saturated carbocycles. The molecule has 0 saturated heterocycles. The molecule has 0 aliphatic carbocycles. The fourth-order valence-electron chi connectivity index (χ4n) is 0.997. The molecule has 1 aromatic heterocycles. The Kier molecular flexibility index (Phi) is 4.52. The van der Waals surface area contributed by atoms with Crippen molar-refractivity contribution in [3.05, 3.63) is 25.6 Å². The molecule has 0 aromatic carbocycles. The standard InChI is InChI=1S/C7H3BrF3IN2O3/c8-1-4-5(14(15)16)6(3(12)2-13-4)17-7(9,10)11/h2H,1H2. The number of rotatable bonds is 3. The van der Waals surface area contributed by atoms with Gasteiger partial charge in [0.25, 0.3) is 0 Å². The van der Waals surface area contributed by atoms with Crippen LogP contribution < -0.4 is 4.74 Å². The summed E-state index contributed by atoms with van der Waals surface area (Å²) >= 11 is 4.39. The number of hydrogen-bond acceptors (Lipinski definition) is 4. The van der Waals surface area contributed by atoms with E-state index in [0.717, 1.165) is 6.20 Å². The normalized spacial score (nSPS) is 11.4. The second-order valence-corrected chi connectivity index (χ2v) is 4.39. The first kappa shape index (κ1) is 14.4. The summed E-state index contributed by atoms with van der Waals surface area (Å²) in [5, 5.41) is 10.7. The highest BCUT2D eigenvalue weighted by molar-refractivity contribution is 14.1. The molecule has 5 nitrogen and oxygen atoms in total. The molecule has 0 spiro atoms. The van der Waals surface area contributed by atoms with Gasteiger partial charge in [0, 0.05) is 6.20 Å². The van der Waals surface area contributed by atoms with Gasteiger partial charge in [-0.05, 0) is 22.6 Å². The molecule has 0 fully saturated rings. The Balaban J connectivity index is 3.39. The van der Waals surface area contributed by atoms with Gasteiger partial charge >= 0.3 is 12.0 Å². The molecule has 17 heavy (non-hydrogen) atoms. The Morgan fingerprint density at radius 2 is 2.18 bits per heavy atom. The quantitative estimate of drug-likeness (QED) is 0.321. The molecule has 0 aliphatic heterocycles. The smallest absolute Gasteiger partial charge is 0.397 e. The van der Waals surface area contributed by atoms with Crippen molar-refractivity contribution in [2.45, 2.75) is 11.7 Å². The van der Waals surface area contributed by atoms with Crippen LogP contribution in [-0.2, 0) is 5.33 Å². The summed E-state index contributed by atoms with van der Waals surface area (Å²) in [5.74, 6) is -0.840. The number of ether oxygens (including phenoxy) is 1. The number of nitrogens with zero attached hydrogens (tertiary/aromatic N) is 2. The Labute approximate surface area is 115 Å². The topological polar surface area (TPSA) is 65.3 Å². The maximum absolute atomic E-state index is 12.1. The van der Waals surface area contributed by atoms with Gasteiger partial charge < -0.3 is 4.74 Å². The Hall–Kier alpha value is -0.650. The number of halogens is 5. The third kappa shape index (κ3) is 3.66. The van der Waals surface area contributed by atoms with Crippen molar-refractivity contribution in [2.24, 2.45) is 0 Å². The highest BCUT2D eigenvalue weighted by Crippen LogP contribution is 2.38. The van der Waals surface area contributed by atoms with Crippen LogP contribution in [0.3, 0.4) is 0 Å². The summed E-state index contributed by atoms with van der Waals surface area (Å²) < 4.78 is 39.9. The lowest BCUT2D eigenvalue weighted by Gasteiger charge is -2.11. The fraction of sp³-hybridized carbons (Fsp3) is 0.286. The summed E-state index contributed by atoms with van der Waals surface area (Å²) in [7, 11) is 0. The van der Waals surface area contributed by atoms with Crippen LogP contribution in [0.1, 0.15) is 5.69 Å². The van der Waals surface area contributed by atoms with Crippen molar-refractivity contribution in [3.63, 3.8) is 0 Å². The minimum absolute atomic E-state index is 0.0472. The first-order chi connectivity index (χ1) is 7.76. The lowest BCUT2D eigenvalue weighted by atomic mass is 10.3. The predicted octanol–water partition coefficient (Wildman–Crippen LogP) is 3.39. The van der Waals surface area contributed by atoms with Crippen LogP contribution in [0, 0.1) is 13.7 Å². The van der Waals surface area contributed by atoms with E-state index in [0.29, 0.717) is 0 Å². The lowest BCUT2D eigenvalue weighted by Crippen LogP contribution is -2.19. The second kappa shape index (κ2) is 5.33. The first-order valence-electron chi connectivity index (χ1n) is 3.89. The van der Waals surface area contributed by atoms with Crippen LogP contribution in [0.2, 0.25) is 0 Å². The molecule has 94 valence electrons. The third-order valence-corrected chi connectivity index (χ3v) is 2.87. The van der Waals surface area contributed by atoms with E-state index < -0.39 is 22.7 Å². The van der Waals surface area contributed by atoms with Crippen molar-refractivity contribution in [3.8, 4) is 5.75 Å². The average Bonchev–Trinajstić information content (AvgIpc) is 2.18. The van der Waals surface area contributed by atoms with Gasteiger partial charge in [-0.15, -0.1) is 13.2 Å². The highest BCUT2D eigenvalue weighted by Gasteiger charge is 2.37. The number of nitro groups is 1. The number of alkyl halides is 4. The molecule has 1 heterocycles. The van der Waals surface area contributed by atoms with Crippen molar-refractivity contribution >= 4 is 44.2 Å². The van der Waals surface area contributed by atoms with Gasteiger partial charge in [-0.2, -0.15) is 0 Å². The molecule has 0 unspecified atom stereocenters. The SMILES string of the molecule is O=[N+]([O-])c1c(CBr)ncc(I)c1OC(F)(F)F. The molecular weight excluding hydrogens is 424 g/mol. The van der Waals surface area contributed by atoms with Gasteiger partial charge in [0.15, 0.2) is 0 Å². The molecule has 1 rings (SSSR count). The van der Waals surface area contributed by atoms with Gasteiger partial charge in [0.1, 0.15) is 5.69 Å². The largest absolute Gasteiger partial charge is 0.573 e. The van der Waals surface area contributed by atoms with E-state index in [4.69, 9.17) is 0 Å². The van der Waals surface area contributed by atoms with E-state index in [-0.39, 0.29) is 14.6 Å². The first-order valence-corrected chi connectivity index (χ1v) is 6.09. The van der Waals surface area contributed by atoms with E-state index in [1.54, 1.807) is 0 Å². The minimum Gasteiger partial charge on any atom is -0.397 e. The van der Waals surface area contributed by atoms with Gasteiger partial charge in [-0.3, -0.25) is 15.1 Å². The summed E-state index contributed by atoms with van der Waals surface area (Å²) in [6.07, 6.45) is -3.92. The molecule has 1 aromatic rings. The molecule has 0 radical (unpaired) electrons. The average molecular weight is 427 g/mol. The Morgan fingerprint density at radius 1 is 1.59 bits per heavy atom. The maximum Gasteiger partial charge on any atom is 0.573 e. The molecule has 0 bridgehead atoms. The maximum atomic E-state index is 12.1. The summed E-state index contributed by atoms with van der Waals surface area (Å²) in [4.78, 5) is 13.4. The van der Waals surface area contributed by atoms with Crippen LogP contribution in [0.25, 0.3) is 0 Å². The number of pyridine rings is 1. The molecule has 10 heteroatoms. The summed E-state index contributed by atoms with van der Waals surface area (Å²) in [5.41, 5.74) is -0.916. The van der Waals surface area contributed by atoms with E-state index >= 15 is 0 Å². The van der Waals surface area contributed by atoms with Crippen molar-refractivity contribution in [2.75, 3.05) is 0 Å². The summed E-state index contributed by atoms with van der Waals surface area (Å²) in [6.45, 7) is 0. The molecule has 0 atom stereocenters. The van der Waals surface area contributed by atoms with E-state index in [1.165, 1.54) is 22.6 Å². The van der Waals surface area contributed by atoms with E-state index in [2.05, 4.69) is 25.7 Å². The van der Waals surface area contributed by atoms with Gasteiger partial charge in [0.05, 0.1) is 13.8 Å². The zero-order valence-corrected chi connectivity index (χ0v) is 11.5. The van der Waals surface area contributed by atoms with Crippen molar-refractivity contribution in [1.29, 1.82) is 0 Å². The monoisotopic (exact) mass is 426 g/mol. The van der Waals surface area contributed by atoms with Crippen molar-refractivity contribution < 1.29 is 22.8 Å². The fourth-order valence-corrected chi connectivity index (χ4v) is 1.91. The molecule has 0 N–H and O–H groups in total.